The van der Waals surface area contributed by atoms with Gasteiger partial charge in [0, 0.05) is 17.8 Å². The van der Waals surface area contributed by atoms with Crippen LogP contribution >= 0.6 is 23.2 Å². The van der Waals surface area contributed by atoms with Crippen molar-refractivity contribution in [2.24, 2.45) is 0 Å². The topological polar surface area (TPSA) is 57.0 Å². The van der Waals surface area contributed by atoms with Crippen LogP contribution < -0.4 is 0 Å². The van der Waals surface area contributed by atoms with E-state index >= 15 is 0 Å². The minimum absolute atomic E-state index is 0.240. The number of nitriles is 1. The van der Waals surface area contributed by atoms with Crippen molar-refractivity contribution in [3.05, 3.63) is 63.9 Å². The molecule has 0 aliphatic carbocycles. The zero-order valence-corrected chi connectivity index (χ0v) is 13.2. The molecule has 0 aliphatic rings. The summed E-state index contributed by atoms with van der Waals surface area (Å²) in [6.45, 7) is 0.630. The molecule has 6 heteroatoms. The Kier molecular flexibility index (Phi) is 5.76. The van der Waals surface area contributed by atoms with E-state index in [0.717, 1.165) is 5.69 Å². The fourth-order valence-electron chi connectivity index (χ4n) is 1.96. The van der Waals surface area contributed by atoms with Gasteiger partial charge in [-0.2, -0.15) is 5.26 Å². The van der Waals surface area contributed by atoms with Crippen molar-refractivity contribution in [3.63, 3.8) is 0 Å². The Hall–Kier alpha value is -2.09. The molecule has 0 saturated carbocycles. The van der Waals surface area contributed by atoms with Gasteiger partial charge in [-0.15, -0.1) is 0 Å². The summed E-state index contributed by atoms with van der Waals surface area (Å²) < 4.78 is 0. The summed E-state index contributed by atoms with van der Waals surface area (Å²) in [4.78, 5) is 18.4. The monoisotopic (exact) mass is 333 g/mol. The minimum atomic E-state index is -0.248. The van der Waals surface area contributed by atoms with Crippen molar-refractivity contribution in [1.82, 2.24) is 9.88 Å². The van der Waals surface area contributed by atoms with Crippen LogP contribution in [-0.2, 0) is 6.54 Å². The van der Waals surface area contributed by atoms with E-state index in [1.807, 2.05) is 18.2 Å². The molecular weight excluding hydrogens is 321 g/mol. The molecular formula is C16H13Cl2N3O. The zero-order chi connectivity index (χ0) is 15.9. The van der Waals surface area contributed by atoms with Crippen molar-refractivity contribution in [2.45, 2.75) is 13.0 Å². The van der Waals surface area contributed by atoms with Crippen molar-refractivity contribution in [1.29, 1.82) is 5.26 Å². The van der Waals surface area contributed by atoms with Crippen molar-refractivity contribution < 1.29 is 4.79 Å². The van der Waals surface area contributed by atoms with E-state index in [1.54, 1.807) is 29.3 Å². The molecule has 1 amide bonds. The van der Waals surface area contributed by atoms with Crippen LogP contribution in [0.1, 0.15) is 22.5 Å². The smallest absolute Gasteiger partial charge is 0.255 e. The minimum Gasteiger partial charge on any atom is -0.332 e. The molecule has 2 rings (SSSR count). The first-order chi connectivity index (χ1) is 10.6. The highest BCUT2D eigenvalue weighted by Crippen LogP contribution is 2.23. The molecule has 1 aromatic heterocycles. The first kappa shape index (κ1) is 16.3. The molecule has 1 aromatic carbocycles. The third kappa shape index (κ3) is 4.20. The van der Waals surface area contributed by atoms with Crippen LogP contribution in [0.4, 0.5) is 0 Å². The quantitative estimate of drug-likeness (QED) is 0.832. The fourth-order valence-corrected chi connectivity index (χ4v) is 2.45. The summed E-state index contributed by atoms with van der Waals surface area (Å²) in [5, 5.41) is 9.54. The number of rotatable bonds is 5. The summed E-state index contributed by atoms with van der Waals surface area (Å²) in [7, 11) is 0. The molecule has 0 fully saturated rings. The maximum Gasteiger partial charge on any atom is 0.255 e. The van der Waals surface area contributed by atoms with Gasteiger partial charge in [0.2, 0.25) is 0 Å². The standard InChI is InChI=1S/C16H13Cl2N3O/c17-12-5-6-14(15(18)10-12)16(22)21(9-3-7-19)11-13-4-1-2-8-20-13/h1-2,4-6,8,10H,3,9,11H2. The van der Waals surface area contributed by atoms with Crippen LogP contribution in [0.5, 0.6) is 0 Å². The third-order valence-electron chi connectivity index (χ3n) is 3.02. The average Bonchev–Trinajstić information content (AvgIpc) is 2.52. The Morgan fingerprint density at radius 2 is 2.09 bits per heavy atom. The Labute approximate surface area is 138 Å². The number of hydrogen-bond acceptors (Lipinski definition) is 3. The van der Waals surface area contributed by atoms with Gasteiger partial charge in [-0.1, -0.05) is 29.3 Å². The van der Waals surface area contributed by atoms with Crippen molar-refractivity contribution >= 4 is 29.1 Å². The van der Waals surface area contributed by atoms with Crippen LogP contribution in [0.3, 0.4) is 0 Å². The second-order valence-corrected chi connectivity index (χ2v) is 5.42. The molecule has 112 valence electrons. The molecule has 0 radical (unpaired) electrons. The average molecular weight is 334 g/mol. The van der Waals surface area contributed by atoms with Gasteiger partial charge in [0.05, 0.1) is 35.3 Å². The number of pyridine rings is 1. The maximum absolute atomic E-state index is 12.6. The molecule has 1 heterocycles. The van der Waals surface area contributed by atoms with Crippen LogP contribution in [0, 0.1) is 11.3 Å². The molecule has 22 heavy (non-hydrogen) atoms. The van der Waals surface area contributed by atoms with Crippen molar-refractivity contribution in [3.8, 4) is 6.07 Å². The molecule has 0 bridgehead atoms. The molecule has 0 unspecified atom stereocenters. The van der Waals surface area contributed by atoms with Gasteiger partial charge in [0.15, 0.2) is 0 Å². The Morgan fingerprint density at radius 3 is 2.73 bits per heavy atom. The highest BCUT2D eigenvalue weighted by Gasteiger charge is 2.19. The van der Waals surface area contributed by atoms with Gasteiger partial charge in [-0.3, -0.25) is 9.78 Å². The Bertz CT molecular complexity index is 698. The lowest BCUT2D eigenvalue weighted by molar-refractivity contribution is 0.0745. The highest BCUT2D eigenvalue weighted by atomic mass is 35.5. The number of aromatic nitrogens is 1. The highest BCUT2D eigenvalue weighted by molar-refractivity contribution is 6.36. The molecule has 0 aliphatic heterocycles. The Morgan fingerprint density at radius 1 is 1.27 bits per heavy atom. The van der Waals surface area contributed by atoms with Crippen molar-refractivity contribution in [2.75, 3.05) is 6.54 Å². The largest absolute Gasteiger partial charge is 0.332 e. The number of benzene rings is 1. The van der Waals surface area contributed by atoms with E-state index in [2.05, 4.69) is 4.98 Å². The number of amides is 1. The first-order valence-electron chi connectivity index (χ1n) is 6.63. The molecule has 0 N–H and O–H groups in total. The maximum atomic E-state index is 12.6. The van der Waals surface area contributed by atoms with E-state index < -0.39 is 0 Å². The predicted molar refractivity (Wildman–Crippen MR) is 85.7 cm³/mol. The third-order valence-corrected chi connectivity index (χ3v) is 3.57. The second kappa shape index (κ2) is 7.79. The van der Waals surface area contributed by atoms with Crippen LogP contribution in [-0.4, -0.2) is 22.3 Å². The number of nitrogens with zero attached hydrogens (tertiary/aromatic N) is 3. The van der Waals surface area contributed by atoms with Gasteiger partial charge in [-0.05, 0) is 30.3 Å². The van der Waals surface area contributed by atoms with Gasteiger partial charge in [0.1, 0.15) is 0 Å². The lowest BCUT2D eigenvalue weighted by Gasteiger charge is -2.22. The van der Waals surface area contributed by atoms with Gasteiger partial charge >= 0.3 is 0 Å². The number of hydrogen-bond donors (Lipinski definition) is 0. The number of carbonyl (C=O) groups excluding carboxylic acids is 1. The SMILES string of the molecule is N#CCCN(Cc1ccccn1)C(=O)c1ccc(Cl)cc1Cl. The lowest BCUT2D eigenvalue weighted by Crippen LogP contribution is -2.32. The summed E-state index contributed by atoms with van der Waals surface area (Å²) in [5.41, 5.74) is 1.11. The molecule has 0 spiro atoms. The van der Waals surface area contributed by atoms with Crippen LogP contribution in [0.25, 0.3) is 0 Å². The van der Waals surface area contributed by atoms with E-state index in [0.29, 0.717) is 28.7 Å². The zero-order valence-electron chi connectivity index (χ0n) is 11.7. The van der Waals surface area contributed by atoms with E-state index in [-0.39, 0.29) is 12.3 Å². The molecule has 0 saturated heterocycles. The molecule has 4 nitrogen and oxygen atoms in total. The van der Waals surface area contributed by atoms with E-state index in [4.69, 9.17) is 28.5 Å². The normalized spacial score (nSPS) is 10.0. The summed E-state index contributed by atoms with van der Waals surface area (Å²) in [6.07, 6.45) is 1.90. The van der Waals surface area contributed by atoms with E-state index in [1.165, 1.54) is 6.07 Å². The lowest BCUT2D eigenvalue weighted by atomic mass is 10.2. The second-order valence-electron chi connectivity index (χ2n) is 4.58. The van der Waals surface area contributed by atoms with Gasteiger partial charge in [0.25, 0.3) is 5.91 Å². The molecule has 2 aromatic rings. The Balaban J connectivity index is 2.24. The number of carbonyl (C=O) groups is 1. The first-order valence-corrected chi connectivity index (χ1v) is 7.38. The number of halogens is 2. The van der Waals surface area contributed by atoms with Crippen LogP contribution in [0.2, 0.25) is 10.0 Å². The fraction of sp³-hybridized carbons (Fsp3) is 0.188. The van der Waals surface area contributed by atoms with E-state index in [9.17, 15) is 4.79 Å². The predicted octanol–water partition coefficient (Wildman–Crippen LogP) is 3.94. The van der Waals surface area contributed by atoms with Gasteiger partial charge in [-0.25, -0.2) is 0 Å². The van der Waals surface area contributed by atoms with Gasteiger partial charge < -0.3 is 4.90 Å². The molecule has 0 atom stereocenters. The summed E-state index contributed by atoms with van der Waals surface area (Å²) in [6, 6.07) is 12.3. The van der Waals surface area contributed by atoms with Crippen LogP contribution in [0.15, 0.2) is 42.6 Å². The summed E-state index contributed by atoms with van der Waals surface area (Å²) in [5.74, 6) is -0.248. The summed E-state index contributed by atoms with van der Waals surface area (Å²) >= 11 is 11.9.